The zero-order chi connectivity index (χ0) is 20.4. The summed E-state index contributed by atoms with van der Waals surface area (Å²) in [6.07, 6.45) is 5.37. The lowest BCUT2D eigenvalue weighted by Gasteiger charge is -2.37. The largest absolute Gasteiger partial charge is 0.339 e. The van der Waals surface area contributed by atoms with Crippen molar-refractivity contribution in [3.05, 3.63) is 30.1 Å². The molecule has 4 rings (SSSR count). The lowest BCUT2D eigenvalue weighted by atomic mass is 9.73. The second kappa shape index (κ2) is 8.10. The third-order valence-electron chi connectivity index (χ3n) is 6.63. The molecule has 0 aromatic carbocycles. The summed E-state index contributed by atoms with van der Waals surface area (Å²) in [6.45, 7) is 5.31. The molecule has 1 aromatic heterocycles. The van der Waals surface area contributed by atoms with Gasteiger partial charge in [0.15, 0.2) is 0 Å². The van der Waals surface area contributed by atoms with Crippen LogP contribution >= 0.6 is 0 Å². The third kappa shape index (κ3) is 3.85. The maximum absolute atomic E-state index is 13.0. The van der Waals surface area contributed by atoms with Gasteiger partial charge in [-0.1, -0.05) is 25.8 Å². The molecule has 3 heterocycles. The molecule has 3 fully saturated rings. The molecule has 0 radical (unpaired) electrons. The molecule has 2 saturated heterocycles. The Morgan fingerprint density at radius 3 is 2.69 bits per heavy atom. The summed E-state index contributed by atoms with van der Waals surface area (Å²) >= 11 is 0. The summed E-state index contributed by atoms with van der Waals surface area (Å²) in [5, 5.41) is 2.91. The number of nitrogens with zero attached hydrogens (tertiary/aromatic N) is 4. The summed E-state index contributed by atoms with van der Waals surface area (Å²) in [5.74, 6) is -0.286. The van der Waals surface area contributed by atoms with E-state index in [1.165, 1.54) is 0 Å². The van der Waals surface area contributed by atoms with E-state index in [1.54, 1.807) is 11.1 Å². The number of imide groups is 1. The lowest BCUT2D eigenvalue weighted by molar-refractivity contribution is -0.141. The first-order valence-electron chi connectivity index (χ1n) is 10.5. The molecule has 3 aliphatic rings. The Balaban J connectivity index is 1.32. The topological polar surface area (TPSA) is 85.8 Å². The smallest absolute Gasteiger partial charge is 0.325 e. The van der Waals surface area contributed by atoms with Crippen molar-refractivity contribution >= 4 is 17.8 Å². The molecule has 0 bridgehead atoms. The Morgan fingerprint density at radius 2 is 2.00 bits per heavy atom. The number of piperazine rings is 1. The fraction of sp³-hybridized carbons (Fsp3) is 0.619. The Kier molecular flexibility index (Phi) is 5.54. The summed E-state index contributed by atoms with van der Waals surface area (Å²) in [7, 11) is 0. The van der Waals surface area contributed by atoms with Crippen LogP contribution in [-0.2, 0) is 16.1 Å². The van der Waals surface area contributed by atoms with Crippen molar-refractivity contribution in [1.82, 2.24) is 25.0 Å². The van der Waals surface area contributed by atoms with Gasteiger partial charge in [0.1, 0.15) is 12.1 Å². The highest BCUT2D eigenvalue weighted by molar-refractivity contribution is 6.09. The first-order chi connectivity index (χ1) is 14.0. The van der Waals surface area contributed by atoms with Crippen LogP contribution in [0.1, 0.15) is 38.3 Å². The molecular formula is C21H29N5O3. The van der Waals surface area contributed by atoms with Crippen LogP contribution in [0.2, 0.25) is 0 Å². The Labute approximate surface area is 171 Å². The van der Waals surface area contributed by atoms with Crippen LogP contribution in [0, 0.1) is 5.92 Å². The SMILES string of the molecule is C[C@H]1CCCC[C@]12NC(=O)N(CC(=O)N1CCN(Cc3ccccn3)CC1)C2=O. The average Bonchev–Trinajstić information content (AvgIpc) is 2.96. The van der Waals surface area contributed by atoms with Gasteiger partial charge in [0.2, 0.25) is 5.91 Å². The second-order valence-corrected chi connectivity index (χ2v) is 8.42. The fourth-order valence-electron chi connectivity index (χ4n) is 4.75. The molecule has 1 aromatic rings. The number of hydrogen-bond donors (Lipinski definition) is 1. The molecule has 1 N–H and O–H groups in total. The third-order valence-corrected chi connectivity index (χ3v) is 6.63. The van der Waals surface area contributed by atoms with Gasteiger partial charge in [-0.15, -0.1) is 0 Å². The molecule has 0 unspecified atom stereocenters. The molecule has 8 nitrogen and oxygen atoms in total. The summed E-state index contributed by atoms with van der Waals surface area (Å²) in [5.41, 5.74) is 0.204. The van der Waals surface area contributed by atoms with Crippen LogP contribution in [0.5, 0.6) is 0 Å². The minimum Gasteiger partial charge on any atom is -0.339 e. The highest BCUT2D eigenvalue weighted by Crippen LogP contribution is 2.38. The van der Waals surface area contributed by atoms with Crippen molar-refractivity contribution in [2.75, 3.05) is 32.7 Å². The van der Waals surface area contributed by atoms with Gasteiger partial charge in [0.05, 0.1) is 5.69 Å². The number of carbonyl (C=O) groups is 3. The van der Waals surface area contributed by atoms with Gasteiger partial charge in [-0.3, -0.25) is 24.4 Å². The first kappa shape index (κ1) is 19.8. The van der Waals surface area contributed by atoms with Gasteiger partial charge < -0.3 is 10.2 Å². The van der Waals surface area contributed by atoms with E-state index in [4.69, 9.17) is 0 Å². The van der Waals surface area contributed by atoms with Crippen molar-refractivity contribution < 1.29 is 14.4 Å². The van der Waals surface area contributed by atoms with E-state index in [2.05, 4.69) is 15.2 Å². The lowest BCUT2D eigenvalue weighted by Crippen LogP contribution is -2.54. The molecule has 156 valence electrons. The van der Waals surface area contributed by atoms with Gasteiger partial charge in [-0.2, -0.15) is 0 Å². The molecule has 1 saturated carbocycles. The second-order valence-electron chi connectivity index (χ2n) is 8.42. The van der Waals surface area contributed by atoms with Gasteiger partial charge in [0.25, 0.3) is 5.91 Å². The van der Waals surface area contributed by atoms with Crippen LogP contribution in [0.25, 0.3) is 0 Å². The van der Waals surface area contributed by atoms with Crippen LogP contribution < -0.4 is 5.32 Å². The molecule has 1 aliphatic carbocycles. The highest BCUT2D eigenvalue weighted by Gasteiger charge is 2.55. The van der Waals surface area contributed by atoms with E-state index in [9.17, 15) is 14.4 Å². The van der Waals surface area contributed by atoms with Crippen LogP contribution in [0.3, 0.4) is 0 Å². The van der Waals surface area contributed by atoms with Crippen molar-refractivity contribution in [1.29, 1.82) is 0 Å². The van der Waals surface area contributed by atoms with E-state index in [0.29, 0.717) is 19.5 Å². The zero-order valence-electron chi connectivity index (χ0n) is 17.0. The summed E-state index contributed by atoms with van der Waals surface area (Å²) in [4.78, 5) is 47.8. The van der Waals surface area contributed by atoms with Crippen LogP contribution in [0.15, 0.2) is 24.4 Å². The van der Waals surface area contributed by atoms with Crippen molar-refractivity contribution in [2.45, 2.75) is 44.7 Å². The number of amides is 4. The Hall–Kier alpha value is -2.48. The average molecular weight is 399 g/mol. The zero-order valence-corrected chi connectivity index (χ0v) is 17.0. The van der Waals surface area contributed by atoms with Gasteiger partial charge in [-0.25, -0.2) is 4.79 Å². The van der Waals surface area contributed by atoms with Crippen molar-refractivity contribution in [3.8, 4) is 0 Å². The van der Waals surface area contributed by atoms with E-state index in [-0.39, 0.29) is 24.3 Å². The van der Waals surface area contributed by atoms with Crippen LogP contribution in [0.4, 0.5) is 4.79 Å². The fourth-order valence-corrected chi connectivity index (χ4v) is 4.75. The molecule has 4 amide bonds. The van der Waals surface area contributed by atoms with E-state index in [0.717, 1.165) is 49.5 Å². The number of carbonyl (C=O) groups excluding carboxylic acids is 3. The molecule has 8 heteroatoms. The normalized spacial score (nSPS) is 28.1. The maximum Gasteiger partial charge on any atom is 0.325 e. The first-order valence-corrected chi connectivity index (χ1v) is 10.5. The predicted octanol–water partition coefficient (Wildman–Crippen LogP) is 1.23. The van der Waals surface area contributed by atoms with Crippen molar-refractivity contribution in [3.63, 3.8) is 0 Å². The monoisotopic (exact) mass is 399 g/mol. The standard InChI is InChI=1S/C21H29N5O3/c1-16-6-2-4-8-21(16)19(28)26(20(29)23-21)15-18(27)25-12-10-24(11-13-25)14-17-7-3-5-9-22-17/h3,5,7,9,16H,2,4,6,8,10-15H2,1H3,(H,23,29)/t16-,21-/m0/s1. The Bertz CT molecular complexity index is 778. The quantitative estimate of drug-likeness (QED) is 0.770. The van der Waals surface area contributed by atoms with E-state index in [1.807, 2.05) is 25.1 Å². The number of aromatic nitrogens is 1. The Morgan fingerprint density at radius 1 is 1.21 bits per heavy atom. The number of hydrogen-bond acceptors (Lipinski definition) is 5. The predicted molar refractivity (Wildman–Crippen MR) is 107 cm³/mol. The number of nitrogens with one attached hydrogen (secondary N) is 1. The molecule has 2 aliphatic heterocycles. The molecule has 1 spiro atoms. The molecular weight excluding hydrogens is 370 g/mol. The number of urea groups is 1. The summed E-state index contributed by atoms with van der Waals surface area (Å²) < 4.78 is 0. The van der Waals surface area contributed by atoms with Crippen molar-refractivity contribution in [2.24, 2.45) is 5.92 Å². The van der Waals surface area contributed by atoms with Gasteiger partial charge in [0, 0.05) is 38.9 Å². The minimum absolute atomic E-state index is 0.0999. The van der Waals surface area contributed by atoms with E-state index < -0.39 is 11.6 Å². The van der Waals surface area contributed by atoms with E-state index >= 15 is 0 Å². The number of pyridine rings is 1. The summed E-state index contributed by atoms with van der Waals surface area (Å²) in [6, 6.07) is 5.44. The highest BCUT2D eigenvalue weighted by atomic mass is 16.2. The molecule has 29 heavy (non-hydrogen) atoms. The molecule has 2 atom stereocenters. The van der Waals surface area contributed by atoms with Crippen LogP contribution in [-0.4, -0.2) is 75.8 Å². The number of rotatable bonds is 4. The van der Waals surface area contributed by atoms with Gasteiger partial charge in [-0.05, 0) is 30.9 Å². The van der Waals surface area contributed by atoms with Gasteiger partial charge >= 0.3 is 6.03 Å². The minimum atomic E-state index is -0.809. The maximum atomic E-state index is 13.0.